The Bertz CT molecular complexity index is 2670. The van der Waals surface area contributed by atoms with E-state index in [2.05, 4.69) is 27.7 Å². The van der Waals surface area contributed by atoms with Crippen molar-refractivity contribution in [1.29, 1.82) is 0 Å². The van der Waals surface area contributed by atoms with Crippen molar-refractivity contribution in [3.63, 3.8) is 0 Å². The number of unbranched alkanes of at least 4 members (excludes halogenated alkanes) is 36. The fraction of sp³-hybridized carbons (Fsp3) is 0.667. The van der Waals surface area contributed by atoms with Crippen molar-refractivity contribution in [1.82, 2.24) is 0 Å². The number of aryl methyl sites for hydroxylation is 4. The second-order valence-corrected chi connectivity index (χ2v) is 30.1. The molecule has 4 aromatic rings. The van der Waals surface area contributed by atoms with Crippen LogP contribution in [-0.4, -0.2) is 51.9 Å². The van der Waals surface area contributed by atoms with Gasteiger partial charge in [0.25, 0.3) is 0 Å². The fourth-order valence-electron chi connectivity index (χ4n) is 11.7. The Morgan fingerprint density at radius 1 is 0.234 bits per heavy atom. The molecule has 0 aliphatic rings. The molecule has 0 N–H and O–H groups in total. The molecule has 4 aromatic carbocycles. The van der Waals surface area contributed by atoms with Crippen molar-refractivity contribution in [2.24, 2.45) is 0 Å². The Morgan fingerprint density at radius 2 is 0.372 bits per heavy atom. The molecule has 0 heterocycles. The maximum atomic E-state index is 12.3. The zero-order valence-electron chi connectivity index (χ0n) is 59.4. The number of rotatable bonds is 52. The van der Waals surface area contributed by atoms with E-state index in [1.165, 1.54) is 203 Å². The zero-order valence-corrected chi connectivity index (χ0v) is 70.7. The number of benzene rings is 4. The molecule has 0 radical (unpaired) electrons. The summed E-state index contributed by atoms with van der Waals surface area (Å²) in [7, 11) is -19.7. The van der Waals surface area contributed by atoms with Crippen LogP contribution in [0.3, 0.4) is 0 Å². The molecule has 0 saturated carbocycles. The van der Waals surface area contributed by atoms with Gasteiger partial charge >= 0.3 is 118 Å². The zero-order chi connectivity index (χ0) is 65.9. The molecule has 512 valence electrons. The third-order valence-corrected chi connectivity index (χ3v) is 20.4. The molecule has 0 atom stereocenters. The summed E-state index contributed by atoms with van der Waals surface area (Å²) in [5, 5.41) is 0. The summed E-state index contributed by atoms with van der Waals surface area (Å²) >= 11 is 0. The molecule has 0 unspecified atom stereocenters. The maximum Gasteiger partial charge on any atom is 1.00 e. The van der Waals surface area contributed by atoms with Crippen molar-refractivity contribution >= 4 is 40.5 Å². The second-order valence-electron chi connectivity index (χ2n) is 24.7. The van der Waals surface area contributed by atoms with Crippen molar-refractivity contribution in [2.45, 2.75) is 330 Å². The molecule has 14 nitrogen and oxygen atoms in total. The van der Waals surface area contributed by atoms with E-state index in [1.54, 1.807) is 24.3 Å². The molecule has 0 saturated heterocycles. The molecule has 0 aliphatic carbocycles. The van der Waals surface area contributed by atoms with Crippen LogP contribution in [-0.2, 0) is 66.2 Å². The Hall–Kier alpha value is 0.120. The normalized spacial score (nSPS) is 11.6. The largest absolute Gasteiger partial charge is 1.00 e. The summed E-state index contributed by atoms with van der Waals surface area (Å²) < 4.78 is 159. The summed E-state index contributed by atoms with van der Waals surface area (Å²) in [5.74, 6) is -0.708. The van der Waals surface area contributed by atoms with Crippen LogP contribution in [0.5, 0.6) is 23.0 Å². The van der Waals surface area contributed by atoms with Gasteiger partial charge in [-0.05, 0) is 97.9 Å². The summed E-state index contributed by atoms with van der Waals surface area (Å²) in [6, 6.07) is 17.5. The van der Waals surface area contributed by atoms with Crippen LogP contribution in [0.2, 0.25) is 0 Å². The number of hydrogen-bond donors (Lipinski definition) is 0. The molecule has 4 rings (SSSR count). The smallest absolute Gasteiger partial charge is 0.744 e. The number of hydrogen-bond acceptors (Lipinski definition) is 14. The van der Waals surface area contributed by atoms with Crippen LogP contribution in [0, 0.1) is 0 Å². The fourth-order valence-corrected chi connectivity index (χ4v) is 14.3. The van der Waals surface area contributed by atoms with Gasteiger partial charge in [-0.1, -0.05) is 307 Å². The third-order valence-electron chi connectivity index (χ3n) is 16.9. The van der Waals surface area contributed by atoms with Gasteiger partial charge in [0, 0.05) is 0 Å². The Morgan fingerprint density at radius 3 is 0.511 bits per heavy atom. The SMILES string of the molecule is CCCCCCCCCCCCc1cccc(S(=O)(=O)[O-])c1Oc1c(CCCCCCCCCCCC)cccc1S(=O)(=O)[O-].CCCCCCCCCCCCc1cccc(S(=O)(=O)[O-])c1Oc1c(CCCCCCCCCCCC)cccc1S(=O)(=O)[O-].[Na+].[Na+].[Na+].[Na+]. The van der Waals surface area contributed by atoms with E-state index in [0.717, 1.165) is 103 Å². The Balaban J connectivity index is 0. The molecule has 94 heavy (non-hydrogen) atoms. The Kier molecular flexibility index (Phi) is 57.9. The molecular weight excluding hydrogens is 1310 g/mol. The molecule has 0 aliphatic heterocycles. The summed E-state index contributed by atoms with van der Waals surface area (Å²) in [4.78, 5) is -2.18. The molecule has 22 heteroatoms. The van der Waals surface area contributed by atoms with E-state index in [9.17, 15) is 51.9 Å². The van der Waals surface area contributed by atoms with Gasteiger partial charge in [-0.2, -0.15) is 0 Å². The van der Waals surface area contributed by atoms with Crippen molar-refractivity contribution in [2.75, 3.05) is 0 Å². The first kappa shape index (κ1) is 96.2. The van der Waals surface area contributed by atoms with Crippen LogP contribution < -0.4 is 128 Å². The number of ether oxygens (including phenoxy) is 2. The number of para-hydroxylation sites is 4. The molecule has 0 spiro atoms. The first-order valence-electron chi connectivity index (χ1n) is 34.9. The van der Waals surface area contributed by atoms with Crippen molar-refractivity contribution in [3.05, 3.63) is 95.1 Å². The van der Waals surface area contributed by atoms with Gasteiger partial charge < -0.3 is 27.7 Å². The van der Waals surface area contributed by atoms with Crippen LogP contribution in [0.15, 0.2) is 92.4 Å². The van der Waals surface area contributed by atoms with Gasteiger partial charge in [-0.3, -0.25) is 0 Å². The molecule has 0 fully saturated rings. The van der Waals surface area contributed by atoms with Gasteiger partial charge in [0.15, 0.2) is 0 Å². The van der Waals surface area contributed by atoms with Gasteiger partial charge in [0.05, 0.1) is 19.6 Å². The predicted octanol–water partition coefficient (Wildman–Crippen LogP) is 8.44. The van der Waals surface area contributed by atoms with E-state index in [-0.39, 0.29) is 141 Å². The molecular formula is C72H112Na4O14S4. The van der Waals surface area contributed by atoms with Gasteiger partial charge in [-0.15, -0.1) is 0 Å². The topological polar surface area (TPSA) is 247 Å². The van der Waals surface area contributed by atoms with Crippen LogP contribution in [0.1, 0.15) is 307 Å². The van der Waals surface area contributed by atoms with Crippen molar-refractivity contribution in [3.8, 4) is 23.0 Å². The quantitative estimate of drug-likeness (QED) is 0.0229. The van der Waals surface area contributed by atoms with Gasteiger partial charge in [-0.25, -0.2) is 33.7 Å². The predicted molar refractivity (Wildman–Crippen MR) is 360 cm³/mol. The average Bonchev–Trinajstić information content (AvgIpc) is 0.795. The van der Waals surface area contributed by atoms with Crippen LogP contribution >= 0.6 is 0 Å². The van der Waals surface area contributed by atoms with Crippen molar-refractivity contribution < 1.29 is 180 Å². The van der Waals surface area contributed by atoms with E-state index >= 15 is 0 Å². The monoisotopic (exact) mass is 1420 g/mol. The summed E-state index contributed by atoms with van der Waals surface area (Å²) in [6.07, 6.45) is 47.6. The summed E-state index contributed by atoms with van der Waals surface area (Å²) in [5.41, 5.74) is 2.04. The first-order valence-corrected chi connectivity index (χ1v) is 40.5. The standard InChI is InChI=1S/2C36H58O7S2.4Na/c2*1-3-5-7-9-11-13-15-17-19-21-25-31-27-23-29-33(44(37,38)39)35(31)43-36-32(28-24-30-34(36)45(40,41)42)26-22-20-18-16-14-12-10-8-6-4-2;;;;/h2*23-24,27-30H,3-22,25-26H2,1-2H3,(H,37,38,39)(H,40,41,42);;;;/q;;4*+1/p-4. The average molecular weight is 1420 g/mol. The minimum absolute atomic E-state index is 0. The van der Waals surface area contributed by atoms with Gasteiger partial charge in [0.1, 0.15) is 63.5 Å². The molecule has 0 amide bonds. The second kappa shape index (κ2) is 56.6. The third kappa shape index (κ3) is 41.3. The van der Waals surface area contributed by atoms with E-state index in [4.69, 9.17) is 9.47 Å². The molecule has 0 aromatic heterocycles. The maximum absolute atomic E-state index is 12.3. The first-order chi connectivity index (χ1) is 43.2. The molecule has 0 bridgehead atoms. The van der Waals surface area contributed by atoms with Crippen LogP contribution in [0.25, 0.3) is 0 Å². The minimum atomic E-state index is -4.93. The van der Waals surface area contributed by atoms with E-state index < -0.39 is 60.1 Å². The van der Waals surface area contributed by atoms with Gasteiger partial charge in [0.2, 0.25) is 0 Å². The minimum Gasteiger partial charge on any atom is -0.744 e. The Labute approximate surface area is 660 Å². The van der Waals surface area contributed by atoms with E-state index in [0.29, 0.717) is 47.9 Å². The van der Waals surface area contributed by atoms with E-state index in [1.807, 2.05) is 0 Å². The van der Waals surface area contributed by atoms with Crippen LogP contribution in [0.4, 0.5) is 0 Å². The summed E-state index contributed by atoms with van der Waals surface area (Å²) in [6.45, 7) is 8.84.